The van der Waals surface area contributed by atoms with Crippen LogP contribution in [0.4, 0.5) is 0 Å². The number of fused-ring (bicyclic) bond motifs is 1. The lowest BCUT2D eigenvalue weighted by Crippen LogP contribution is -2.52. The van der Waals surface area contributed by atoms with Gasteiger partial charge in [-0.3, -0.25) is 14.3 Å². The Morgan fingerprint density at radius 3 is 2.60 bits per heavy atom. The monoisotopic (exact) mass is 369 g/mol. The lowest BCUT2D eigenvalue weighted by molar-refractivity contribution is 0.344. The van der Waals surface area contributed by atoms with E-state index in [4.69, 9.17) is 5.73 Å². The van der Waals surface area contributed by atoms with Crippen molar-refractivity contribution in [3.05, 3.63) is 33.1 Å². The maximum Gasteiger partial charge on any atom is 0.329 e. The van der Waals surface area contributed by atoms with E-state index in [0.29, 0.717) is 6.42 Å². The molecule has 25 heavy (non-hydrogen) atoms. The normalized spacial score (nSPS) is 14.8. The third-order valence-electron chi connectivity index (χ3n) is 3.93. The molecule has 0 saturated heterocycles. The third kappa shape index (κ3) is 3.97. The van der Waals surface area contributed by atoms with E-state index < -0.39 is 26.8 Å². The first-order valence-corrected chi connectivity index (χ1v) is 9.30. The molecule has 1 atom stereocenters. The maximum atomic E-state index is 12.7. The quantitative estimate of drug-likeness (QED) is 0.636. The maximum absolute atomic E-state index is 12.7. The van der Waals surface area contributed by atoms with Crippen molar-refractivity contribution >= 4 is 21.1 Å². The molecule has 0 saturated carbocycles. The van der Waals surface area contributed by atoms with Crippen molar-refractivity contribution in [3.8, 4) is 0 Å². The Bertz CT molecular complexity index is 1010. The lowest BCUT2D eigenvalue weighted by Gasteiger charge is -2.30. The summed E-state index contributed by atoms with van der Waals surface area (Å²) in [6, 6.07) is 1.20. The number of pyridine rings is 1. The highest BCUT2D eigenvalue weighted by Gasteiger charge is 2.30. The minimum atomic E-state index is -3.94. The van der Waals surface area contributed by atoms with Gasteiger partial charge in [0.05, 0.1) is 5.39 Å². The number of aromatic amines is 1. The Morgan fingerprint density at radius 2 is 2.04 bits per heavy atom. The Morgan fingerprint density at radius 1 is 1.40 bits per heavy atom. The summed E-state index contributed by atoms with van der Waals surface area (Å²) in [5, 5.41) is 0.0169. The van der Waals surface area contributed by atoms with Crippen LogP contribution in [-0.4, -0.2) is 35.0 Å². The first-order chi connectivity index (χ1) is 11.5. The van der Waals surface area contributed by atoms with Crippen LogP contribution in [0.1, 0.15) is 27.2 Å². The van der Waals surface area contributed by atoms with Gasteiger partial charge in [0.15, 0.2) is 0 Å². The molecule has 0 spiro atoms. The molecule has 0 bridgehead atoms. The predicted octanol–water partition coefficient (Wildman–Crippen LogP) is -0.336. The fourth-order valence-electron chi connectivity index (χ4n) is 2.82. The summed E-state index contributed by atoms with van der Waals surface area (Å²) in [5.41, 5.74) is 3.73. The second kappa shape index (κ2) is 6.70. The van der Waals surface area contributed by atoms with Crippen molar-refractivity contribution in [2.45, 2.75) is 37.6 Å². The molecule has 0 aliphatic heterocycles. The van der Waals surface area contributed by atoms with Gasteiger partial charge in [0.25, 0.3) is 5.56 Å². The topological polar surface area (TPSA) is 140 Å². The Labute approximate surface area is 145 Å². The number of H-pyrrole nitrogens is 1. The summed E-state index contributed by atoms with van der Waals surface area (Å²) in [7, 11) is -2.50. The molecule has 0 radical (unpaired) electrons. The van der Waals surface area contributed by atoms with E-state index in [0.717, 1.165) is 10.8 Å². The molecule has 2 heterocycles. The predicted molar refractivity (Wildman–Crippen MR) is 94.8 cm³/mol. The molecule has 2 aromatic rings. The van der Waals surface area contributed by atoms with Gasteiger partial charge in [-0.2, -0.15) is 0 Å². The number of nitrogens with two attached hydrogens (primary N) is 1. The van der Waals surface area contributed by atoms with Gasteiger partial charge in [-0.25, -0.2) is 22.9 Å². The highest BCUT2D eigenvalue weighted by Crippen LogP contribution is 2.20. The first kappa shape index (κ1) is 19.3. The molecule has 2 rings (SSSR count). The van der Waals surface area contributed by atoms with E-state index in [1.54, 1.807) is 6.92 Å². The second-order valence-corrected chi connectivity index (χ2v) is 8.51. The highest BCUT2D eigenvalue weighted by atomic mass is 32.2. The van der Waals surface area contributed by atoms with Crippen LogP contribution in [0, 0.1) is 5.92 Å². The zero-order valence-electron chi connectivity index (χ0n) is 14.7. The first-order valence-electron chi connectivity index (χ1n) is 7.82. The molecular weight excluding hydrogens is 346 g/mol. The zero-order chi connectivity index (χ0) is 19.0. The molecular formula is C15H23N5O4S. The summed E-state index contributed by atoms with van der Waals surface area (Å²) in [4.78, 5) is 29.5. The molecule has 0 fully saturated rings. The smallest absolute Gasteiger partial charge is 0.329 e. The molecule has 10 heteroatoms. The fourth-order valence-corrected chi connectivity index (χ4v) is 4.21. The molecule has 9 nitrogen and oxygen atoms in total. The molecule has 0 aliphatic carbocycles. The summed E-state index contributed by atoms with van der Waals surface area (Å²) in [6.45, 7) is 5.80. The van der Waals surface area contributed by atoms with Gasteiger partial charge in [-0.1, -0.05) is 13.8 Å². The minimum Gasteiger partial charge on any atom is -0.329 e. The van der Waals surface area contributed by atoms with Crippen molar-refractivity contribution in [1.82, 2.24) is 19.3 Å². The molecule has 0 amide bonds. The van der Waals surface area contributed by atoms with Crippen molar-refractivity contribution < 1.29 is 8.42 Å². The number of rotatable bonds is 6. The Balaban J connectivity index is 2.53. The van der Waals surface area contributed by atoms with E-state index in [1.807, 2.05) is 13.8 Å². The fraction of sp³-hybridized carbons (Fsp3) is 0.533. The van der Waals surface area contributed by atoms with E-state index in [9.17, 15) is 18.0 Å². The van der Waals surface area contributed by atoms with Gasteiger partial charge >= 0.3 is 5.69 Å². The van der Waals surface area contributed by atoms with Crippen LogP contribution in [0.25, 0.3) is 11.0 Å². The van der Waals surface area contributed by atoms with Crippen LogP contribution < -0.4 is 21.7 Å². The van der Waals surface area contributed by atoms with E-state index in [2.05, 4.69) is 14.7 Å². The average molecular weight is 369 g/mol. The van der Waals surface area contributed by atoms with Crippen molar-refractivity contribution in [3.63, 3.8) is 0 Å². The van der Waals surface area contributed by atoms with Gasteiger partial charge in [-0.05, 0) is 25.3 Å². The van der Waals surface area contributed by atoms with Crippen LogP contribution in [0.15, 0.2) is 26.7 Å². The Kier molecular flexibility index (Phi) is 5.17. The SMILES string of the molecule is CC(C)CC(C)(CN)NS(=O)(=O)c1cnc2c(c1)c(=O)[nH]c(=O)n2C. The van der Waals surface area contributed by atoms with Crippen LogP contribution in [0.2, 0.25) is 0 Å². The van der Waals surface area contributed by atoms with Gasteiger partial charge in [-0.15, -0.1) is 0 Å². The van der Waals surface area contributed by atoms with Crippen LogP contribution in [-0.2, 0) is 17.1 Å². The van der Waals surface area contributed by atoms with Crippen molar-refractivity contribution in [2.24, 2.45) is 18.7 Å². The van der Waals surface area contributed by atoms with E-state index >= 15 is 0 Å². The van der Waals surface area contributed by atoms with Crippen molar-refractivity contribution in [1.29, 1.82) is 0 Å². The van der Waals surface area contributed by atoms with Crippen molar-refractivity contribution in [2.75, 3.05) is 6.54 Å². The van der Waals surface area contributed by atoms with Gasteiger partial charge < -0.3 is 5.73 Å². The number of sulfonamides is 1. The summed E-state index contributed by atoms with van der Waals surface area (Å²) in [5.74, 6) is 0.239. The van der Waals surface area contributed by atoms with Gasteiger partial charge in [0.2, 0.25) is 10.0 Å². The van der Waals surface area contributed by atoms with Gasteiger partial charge in [0, 0.05) is 25.3 Å². The molecule has 0 aliphatic rings. The van der Waals surface area contributed by atoms with Crippen LogP contribution in [0.5, 0.6) is 0 Å². The largest absolute Gasteiger partial charge is 0.329 e. The number of nitrogens with zero attached hydrogens (tertiary/aromatic N) is 2. The second-order valence-electron chi connectivity index (χ2n) is 6.83. The highest BCUT2D eigenvalue weighted by molar-refractivity contribution is 7.89. The number of aryl methyl sites for hydroxylation is 1. The molecule has 138 valence electrons. The molecule has 2 aromatic heterocycles. The third-order valence-corrected chi connectivity index (χ3v) is 5.53. The van der Waals surface area contributed by atoms with Crippen LogP contribution in [0.3, 0.4) is 0 Å². The summed E-state index contributed by atoms with van der Waals surface area (Å²) >= 11 is 0. The van der Waals surface area contributed by atoms with Crippen LogP contribution >= 0.6 is 0 Å². The minimum absolute atomic E-state index is 0.0169. The molecule has 1 unspecified atom stereocenters. The number of hydrogen-bond donors (Lipinski definition) is 3. The molecule has 0 aromatic carbocycles. The lowest BCUT2D eigenvalue weighted by atomic mass is 9.92. The number of hydrogen-bond acceptors (Lipinski definition) is 6. The standard InChI is InChI=1S/C15H23N5O4S/c1-9(2)6-15(3,8-16)19-25(23,24)10-5-11-12(17-7-10)20(4)14(22)18-13(11)21/h5,7,9,19H,6,8,16H2,1-4H3,(H,18,21,22). The summed E-state index contributed by atoms with van der Waals surface area (Å²) in [6.07, 6.45) is 1.68. The van der Waals surface area contributed by atoms with Gasteiger partial charge in [0.1, 0.15) is 10.5 Å². The van der Waals surface area contributed by atoms with E-state index in [-0.39, 0.29) is 28.4 Å². The van der Waals surface area contributed by atoms with E-state index in [1.165, 1.54) is 13.1 Å². The molecule has 4 N–H and O–H groups in total. The Hall–Kier alpha value is -2.04. The number of nitrogens with one attached hydrogen (secondary N) is 2. The average Bonchev–Trinajstić information content (AvgIpc) is 2.51. The zero-order valence-corrected chi connectivity index (χ0v) is 15.5. The number of aromatic nitrogens is 3. The summed E-state index contributed by atoms with van der Waals surface area (Å²) < 4.78 is 29.2.